The molecule has 5 heteroatoms. The summed E-state index contributed by atoms with van der Waals surface area (Å²) in [4.78, 5) is 23.4. The molecule has 0 aliphatic heterocycles. The van der Waals surface area contributed by atoms with Gasteiger partial charge in [-0.05, 0) is 13.3 Å². The molecule has 5 nitrogen and oxygen atoms in total. The van der Waals surface area contributed by atoms with E-state index in [0.29, 0.717) is 6.54 Å². The van der Waals surface area contributed by atoms with Gasteiger partial charge in [0.2, 0.25) is 0 Å². The number of nitrogens with one attached hydrogen (secondary N) is 1. The van der Waals surface area contributed by atoms with Crippen molar-refractivity contribution >= 4 is 12.0 Å². The van der Waals surface area contributed by atoms with E-state index in [1.165, 1.54) is 11.8 Å². The Balaban J connectivity index is 3.83. The molecule has 0 aromatic heterocycles. The molecule has 0 fully saturated rings. The van der Waals surface area contributed by atoms with Gasteiger partial charge in [0.25, 0.3) is 0 Å². The number of urea groups is 1. The van der Waals surface area contributed by atoms with E-state index in [0.717, 1.165) is 19.3 Å². The summed E-state index contributed by atoms with van der Waals surface area (Å²) in [5.74, 6) is -1.02. The molecular weight excluding hydrogens is 196 g/mol. The number of nitrogens with zero attached hydrogens (tertiary/aromatic N) is 1. The first kappa shape index (κ1) is 13.7. The highest BCUT2D eigenvalue weighted by Gasteiger charge is 2.16. The molecule has 88 valence electrons. The predicted octanol–water partition coefficient (Wildman–Crippen LogP) is 1.29. The molecule has 0 aliphatic rings. The zero-order valence-electron chi connectivity index (χ0n) is 9.62. The Morgan fingerprint density at radius 1 is 1.40 bits per heavy atom. The SMILES string of the molecule is CCCCCN(C)C(=O)N[C@@H](C)C(=O)O. The summed E-state index contributed by atoms with van der Waals surface area (Å²) in [7, 11) is 1.67. The number of hydrogen-bond acceptors (Lipinski definition) is 2. The van der Waals surface area contributed by atoms with E-state index in [2.05, 4.69) is 12.2 Å². The molecule has 0 aliphatic carbocycles. The van der Waals surface area contributed by atoms with E-state index >= 15 is 0 Å². The number of rotatable bonds is 6. The quantitative estimate of drug-likeness (QED) is 0.657. The number of aliphatic carboxylic acids is 1. The van der Waals surface area contributed by atoms with E-state index in [4.69, 9.17) is 5.11 Å². The lowest BCUT2D eigenvalue weighted by Gasteiger charge is -2.19. The van der Waals surface area contributed by atoms with Crippen LogP contribution in [0.25, 0.3) is 0 Å². The first-order valence-corrected chi connectivity index (χ1v) is 5.23. The Morgan fingerprint density at radius 3 is 2.47 bits per heavy atom. The number of carboxylic acid groups (broad SMARTS) is 1. The first-order chi connectivity index (χ1) is 6.99. The lowest BCUT2D eigenvalue weighted by Crippen LogP contribution is -2.45. The highest BCUT2D eigenvalue weighted by Crippen LogP contribution is 1.97. The molecule has 0 spiro atoms. The van der Waals surface area contributed by atoms with Gasteiger partial charge >= 0.3 is 12.0 Å². The third kappa shape index (κ3) is 5.93. The zero-order valence-corrected chi connectivity index (χ0v) is 9.62. The number of carbonyl (C=O) groups excluding carboxylic acids is 1. The van der Waals surface area contributed by atoms with Crippen molar-refractivity contribution in [3.05, 3.63) is 0 Å². The second-order valence-corrected chi connectivity index (χ2v) is 3.64. The number of amides is 2. The van der Waals surface area contributed by atoms with E-state index in [1.54, 1.807) is 7.05 Å². The van der Waals surface area contributed by atoms with Crippen LogP contribution in [-0.2, 0) is 4.79 Å². The molecule has 15 heavy (non-hydrogen) atoms. The molecule has 0 radical (unpaired) electrons. The highest BCUT2D eigenvalue weighted by molar-refractivity contribution is 5.82. The van der Waals surface area contributed by atoms with Crippen molar-refractivity contribution in [2.75, 3.05) is 13.6 Å². The smallest absolute Gasteiger partial charge is 0.325 e. The Hall–Kier alpha value is -1.26. The van der Waals surface area contributed by atoms with Gasteiger partial charge in [-0.3, -0.25) is 4.79 Å². The molecule has 0 rings (SSSR count). The van der Waals surface area contributed by atoms with Gasteiger partial charge in [0.05, 0.1) is 0 Å². The number of unbranched alkanes of at least 4 members (excludes halogenated alkanes) is 2. The van der Waals surface area contributed by atoms with Crippen LogP contribution in [0.5, 0.6) is 0 Å². The standard InChI is InChI=1S/C10H20N2O3/c1-4-5-6-7-12(3)10(15)11-8(2)9(13)14/h8H,4-7H2,1-3H3,(H,11,15)(H,13,14)/t8-/m0/s1. The highest BCUT2D eigenvalue weighted by atomic mass is 16.4. The van der Waals surface area contributed by atoms with Gasteiger partial charge in [0.15, 0.2) is 0 Å². The lowest BCUT2D eigenvalue weighted by atomic mass is 10.2. The molecule has 0 heterocycles. The fraction of sp³-hybridized carbons (Fsp3) is 0.800. The van der Waals surface area contributed by atoms with Crippen molar-refractivity contribution in [2.45, 2.75) is 39.2 Å². The predicted molar refractivity (Wildman–Crippen MR) is 57.8 cm³/mol. The minimum Gasteiger partial charge on any atom is -0.480 e. The van der Waals surface area contributed by atoms with Crippen LogP contribution in [-0.4, -0.2) is 41.6 Å². The molecule has 2 N–H and O–H groups in total. The van der Waals surface area contributed by atoms with Crippen molar-refractivity contribution in [1.82, 2.24) is 10.2 Å². The zero-order chi connectivity index (χ0) is 11.8. The topological polar surface area (TPSA) is 69.6 Å². The van der Waals surface area contributed by atoms with Gasteiger partial charge in [0, 0.05) is 13.6 Å². The maximum atomic E-state index is 11.4. The van der Waals surface area contributed by atoms with Crippen molar-refractivity contribution in [1.29, 1.82) is 0 Å². The Labute approximate surface area is 90.5 Å². The lowest BCUT2D eigenvalue weighted by molar-refractivity contribution is -0.138. The number of carboxylic acids is 1. The summed E-state index contributed by atoms with van der Waals surface area (Å²) in [5, 5.41) is 11.0. The van der Waals surface area contributed by atoms with Gasteiger partial charge in [-0.15, -0.1) is 0 Å². The molecule has 0 unspecified atom stereocenters. The molecule has 0 saturated heterocycles. The summed E-state index contributed by atoms with van der Waals surface area (Å²) in [6.07, 6.45) is 3.12. The normalized spacial score (nSPS) is 11.9. The third-order valence-electron chi connectivity index (χ3n) is 2.15. The fourth-order valence-corrected chi connectivity index (χ4v) is 1.06. The molecular formula is C10H20N2O3. The van der Waals surface area contributed by atoms with Crippen molar-refractivity contribution in [3.63, 3.8) is 0 Å². The average Bonchev–Trinajstić information content (AvgIpc) is 2.17. The second-order valence-electron chi connectivity index (χ2n) is 3.64. The van der Waals surface area contributed by atoms with Gasteiger partial charge in [-0.2, -0.15) is 0 Å². The summed E-state index contributed by atoms with van der Waals surface area (Å²) in [5.41, 5.74) is 0. The van der Waals surface area contributed by atoms with Gasteiger partial charge < -0.3 is 15.3 Å². The minimum atomic E-state index is -1.02. The van der Waals surface area contributed by atoms with Crippen molar-refractivity contribution in [2.24, 2.45) is 0 Å². The van der Waals surface area contributed by atoms with Crippen LogP contribution >= 0.6 is 0 Å². The van der Waals surface area contributed by atoms with Crippen LogP contribution in [0.1, 0.15) is 33.1 Å². The number of carbonyl (C=O) groups is 2. The summed E-state index contributed by atoms with van der Waals surface area (Å²) >= 11 is 0. The Bertz CT molecular complexity index is 219. The van der Waals surface area contributed by atoms with Gasteiger partial charge in [-0.1, -0.05) is 19.8 Å². The summed E-state index contributed by atoms with van der Waals surface area (Å²) < 4.78 is 0. The Kier molecular flexibility index (Phi) is 6.49. The summed E-state index contributed by atoms with van der Waals surface area (Å²) in [6.45, 7) is 4.19. The van der Waals surface area contributed by atoms with Crippen LogP contribution in [0.2, 0.25) is 0 Å². The Morgan fingerprint density at radius 2 is 2.00 bits per heavy atom. The van der Waals surface area contributed by atoms with Crippen LogP contribution in [0.3, 0.4) is 0 Å². The maximum Gasteiger partial charge on any atom is 0.325 e. The van der Waals surface area contributed by atoms with Crippen LogP contribution in [0, 0.1) is 0 Å². The fourth-order valence-electron chi connectivity index (χ4n) is 1.06. The van der Waals surface area contributed by atoms with Crippen LogP contribution < -0.4 is 5.32 Å². The van der Waals surface area contributed by atoms with E-state index < -0.39 is 12.0 Å². The molecule has 0 bridgehead atoms. The monoisotopic (exact) mass is 216 g/mol. The average molecular weight is 216 g/mol. The summed E-state index contributed by atoms with van der Waals surface area (Å²) in [6, 6.07) is -1.17. The minimum absolute atomic E-state index is 0.332. The number of hydrogen-bond donors (Lipinski definition) is 2. The van der Waals surface area contributed by atoms with Crippen molar-refractivity contribution in [3.8, 4) is 0 Å². The molecule has 2 amide bonds. The first-order valence-electron chi connectivity index (χ1n) is 5.23. The van der Waals surface area contributed by atoms with Crippen molar-refractivity contribution < 1.29 is 14.7 Å². The molecule has 0 aromatic carbocycles. The van der Waals surface area contributed by atoms with Crippen LogP contribution in [0.4, 0.5) is 4.79 Å². The molecule has 1 atom stereocenters. The second kappa shape index (κ2) is 7.09. The van der Waals surface area contributed by atoms with Gasteiger partial charge in [0.1, 0.15) is 6.04 Å². The van der Waals surface area contributed by atoms with E-state index in [9.17, 15) is 9.59 Å². The molecule has 0 aromatic rings. The molecule has 0 saturated carbocycles. The van der Waals surface area contributed by atoms with E-state index in [1.807, 2.05) is 0 Å². The van der Waals surface area contributed by atoms with Gasteiger partial charge in [-0.25, -0.2) is 4.79 Å². The third-order valence-corrected chi connectivity index (χ3v) is 2.15. The van der Waals surface area contributed by atoms with E-state index in [-0.39, 0.29) is 6.03 Å². The maximum absolute atomic E-state index is 11.4. The van der Waals surface area contributed by atoms with Crippen LogP contribution in [0.15, 0.2) is 0 Å². The largest absolute Gasteiger partial charge is 0.480 e.